The van der Waals surface area contributed by atoms with Gasteiger partial charge in [0.25, 0.3) is 0 Å². The van der Waals surface area contributed by atoms with Crippen LogP contribution in [0.4, 0.5) is 0 Å². The quantitative estimate of drug-likeness (QED) is 0.843. The standard InChI is InChI=1S/C14H21NS/c1-8-7-9(2)16-14(8)13(15-3)12-10-5-4-6-11(10)12/h7,10-13,15H,4-6H2,1-3H3. The van der Waals surface area contributed by atoms with E-state index in [9.17, 15) is 0 Å². The van der Waals surface area contributed by atoms with Crippen LogP contribution in [0.15, 0.2) is 6.07 Å². The Kier molecular flexibility index (Phi) is 2.60. The minimum Gasteiger partial charge on any atom is -0.312 e. The van der Waals surface area contributed by atoms with E-state index < -0.39 is 0 Å². The maximum absolute atomic E-state index is 3.57. The summed E-state index contributed by atoms with van der Waals surface area (Å²) in [6, 6.07) is 2.97. The Morgan fingerprint density at radius 1 is 1.31 bits per heavy atom. The van der Waals surface area contributed by atoms with Gasteiger partial charge in [0.1, 0.15) is 0 Å². The number of fused-ring (bicyclic) bond motifs is 1. The molecule has 0 saturated heterocycles. The minimum atomic E-state index is 0.633. The van der Waals surface area contributed by atoms with Gasteiger partial charge in [-0.05, 0) is 63.1 Å². The lowest BCUT2D eigenvalue weighted by molar-refractivity contribution is 0.449. The maximum Gasteiger partial charge on any atom is 0.0449 e. The van der Waals surface area contributed by atoms with E-state index in [2.05, 4.69) is 32.3 Å². The lowest BCUT2D eigenvalue weighted by atomic mass is 10.0. The molecule has 0 radical (unpaired) electrons. The SMILES string of the molecule is CNC(c1sc(C)cc1C)C1C2CCCC21. The summed E-state index contributed by atoms with van der Waals surface area (Å²) in [6.45, 7) is 4.49. The lowest BCUT2D eigenvalue weighted by Gasteiger charge is -2.18. The third-order valence-electron chi connectivity index (χ3n) is 4.53. The van der Waals surface area contributed by atoms with E-state index in [1.165, 1.54) is 29.7 Å². The zero-order valence-electron chi connectivity index (χ0n) is 10.4. The second kappa shape index (κ2) is 3.85. The van der Waals surface area contributed by atoms with Crippen molar-refractivity contribution in [2.45, 2.75) is 39.2 Å². The Labute approximate surface area is 102 Å². The van der Waals surface area contributed by atoms with E-state index in [1.54, 1.807) is 4.88 Å². The van der Waals surface area contributed by atoms with Crippen molar-refractivity contribution in [1.82, 2.24) is 5.32 Å². The summed E-state index contributed by atoms with van der Waals surface area (Å²) in [5.41, 5.74) is 1.49. The predicted molar refractivity (Wildman–Crippen MR) is 69.9 cm³/mol. The molecule has 3 atom stereocenters. The van der Waals surface area contributed by atoms with Crippen LogP contribution in [0.2, 0.25) is 0 Å². The van der Waals surface area contributed by atoms with Crippen molar-refractivity contribution >= 4 is 11.3 Å². The lowest BCUT2D eigenvalue weighted by Crippen LogP contribution is -2.20. The largest absolute Gasteiger partial charge is 0.312 e. The molecule has 3 rings (SSSR count). The number of thiophene rings is 1. The van der Waals surface area contributed by atoms with Crippen molar-refractivity contribution in [2.24, 2.45) is 17.8 Å². The fourth-order valence-electron chi connectivity index (χ4n) is 3.84. The normalized spacial score (nSPS) is 33.8. The highest BCUT2D eigenvalue weighted by Gasteiger charge is 2.56. The molecule has 1 heterocycles. The van der Waals surface area contributed by atoms with Crippen LogP contribution in [0, 0.1) is 31.6 Å². The molecule has 3 unspecified atom stereocenters. The van der Waals surface area contributed by atoms with Crippen LogP contribution in [0.5, 0.6) is 0 Å². The molecule has 88 valence electrons. The highest BCUT2D eigenvalue weighted by atomic mass is 32.1. The van der Waals surface area contributed by atoms with Gasteiger partial charge in [-0.25, -0.2) is 0 Å². The van der Waals surface area contributed by atoms with Gasteiger partial charge < -0.3 is 5.32 Å². The number of hydrogen-bond acceptors (Lipinski definition) is 2. The second-order valence-electron chi connectivity index (χ2n) is 5.51. The van der Waals surface area contributed by atoms with Gasteiger partial charge in [-0.1, -0.05) is 6.42 Å². The highest BCUT2D eigenvalue weighted by molar-refractivity contribution is 7.12. The monoisotopic (exact) mass is 235 g/mol. The van der Waals surface area contributed by atoms with Crippen LogP contribution in [-0.4, -0.2) is 7.05 Å². The average molecular weight is 235 g/mol. The number of aryl methyl sites for hydroxylation is 2. The molecule has 2 aliphatic rings. The molecule has 2 heteroatoms. The van der Waals surface area contributed by atoms with E-state index in [0.717, 1.165) is 17.8 Å². The van der Waals surface area contributed by atoms with Crippen LogP contribution in [-0.2, 0) is 0 Å². The Morgan fingerprint density at radius 2 is 2.00 bits per heavy atom. The number of nitrogens with one attached hydrogen (secondary N) is 1. The van der Waals surface area contributed by atoms with Gasteiger partial charge in [0.05, 0.1) is 0 Å². The van der Waals surface area contributed by atoms with Crippen molar-refractivity contribution < 1.29 is 0 Å². The first-order chi connectivity index (χ1) is 7.72. The van der Waals surface area contributed by atoms with Gasteiger partial charge in [-0.15, -0.1) is 11.3 Å². The third-order valence-corrected chi connectivity index (χ3v) is 5.77. The Morgan fingerprint density at radius 3 is 2.50 bits per heavy atom. The number of hydrogen-bond donors (Lipinski definition) is 1. The summed E-state index contributed by atoms with van der Waals surface area (Å²) in [7, 11) is 2.13. The molecule has 0 bridgehead atoms. The van der Waals surface area contributed by atoms with E-state index in [4.69, 9.17) is 0 Å². The Hall–Kier alpha value is -0.340. The average Bonchev–Trinajstić information content (AvgIpc) is 2.63. The summed E-state index contributed by atoms with van der Waals surface area (Å²) in [6.07, 6.45) is 4.44. The van der Waals surface area contributed by atoms with Gasteiger partial charge in [-0.3, -0.25) is 0 Å². The van der Waals surface area contributed by atoms with Crippen LogP contribution in [0.25, 0.3) is 0 Å². The molecule has 0 aromatic carbocycles. The van der Waals surface area contributed by atoms with Crippen LogP contribution < -0.4 is 5.32 Å². The van der Waals surface area contributed by atoms with Gasteiger partial charge in [0.15, 0.2) is 0 Å². The zero-order valence-corrected chi connectivity index (χ0v) is 11.2. The van der Waals surface area contributed by atoms with Crippen molar-refractivity contribution in [1.29, 1.82) is 0 Å². The summed E-state index contributed by atoms with van der Waals surface area (Å²) in [4.78, 5) is 3.05. The fourth-order valence-corrected chi connectivity index (χ4v) is 5.04. The molecule has 2 fully saturated rings. The molecule has 2 aliphatic carbocycles. The van der Waals surface area contributed by atoms with Crippen LogP contribution in [0.1, 0.15) is 40.6 Å². The van der Waals surface area contributed by atoms with E-state index in [1.807, 2.05) is 11.3 Å². The summed E-state index contributed by atoms with van der Waals surface area (Å²) in [5.74, 6) is 3.02. The molecule has 0 aliphatic heterocycles. The van der Waals surface area contributed by atoms with Gasteiger partial charge in [0, 0.05) is 15.8 Å². The topological polar surface area (TPSA) is 12.0 Å². The molecule has 0 spiro atoms. The van der Waals surface area contributed by atoms with Crippen LogP contribution >= 0.6 is 11.3 Å². The van der Waals surface area contributed by atoms with Gasteiger partial charge in [-0.2, -0.15) is 0 Å². The molecular formula is C14H21NS. The van der Waals surface area contributed by atoms with E-state index in [0.29, 0.717) is 6.04 Å². The first-order valence-electron chi connectivity index (χ1n) is 6.46. The smallest absolute Gasteiger partial charge is 0.0449 e. The van der Waals surface area contributed by atoms with Crippen molar-refractivity contribution in [3.63, 3.8) is 0 Å². The van der Waals surface area contributed by atoms with Crippen LogP contribution in [0.3, 0.4) is 0 Å². The molecular weight excluding hydrogens is 214 g/mol. The Balaban J connectivity index is 1.84. The van der Waals surface area contributed by atoms with Gasteiger partial charge in [0.2, 0.25) is 0 Å². The molecule has 2 saturated carbocycles. The van der Waals surface area contributed by atoms with E-state index >= 15 is 0 Å². The molecule has 16 heavy (non-hydrogen) atoms. The molecule has 0 amide bonds. The fraction of sp³-hybridized carbons (Fsp3) is 0.714. The van der Waals surface area contributed by atoms with Crippen molar-refractivity contribution in [3.05, 3.63) is 21.4 Å². The third kappa shape index (κ3) is 1.54. The Bertz CT molecular complexity index is 385. The summed E-state index contributed by atoms with van der Waals surface area (Å²) < 4.78 is 0. The molecule has 1 N–H and O–H groups in total. The maximum atomic E-state index is 3.57. The highest BCUT2D eigenvalue weighted by Crippen LogP contribution is 2.62. The van der Waals surface area contributed by atoms with Crippen molar-refractivity contribution in [3.8, 4) is 0 Å². The minimum absolute atomic E-state index is 0.633. The van der Waals surface area contributed by atoms with E-state index in [-0.39, 0.29) is 0 Å². The second-order valence-corrected chi connectivity index (χ2v) is 6.79. The first kappa shape index (κ1) is 10.8. The molecule has 1 nitrogen and oxygen atoms in total. The zero-order chi connectivity index (χ0) is 11.3. The number of rotatable bonds is 3. The first-order valence-corrected chi connectivity index (χ1v) is 7.28. The summed E-state index contributed by atoms with van der Waals surface area (Å²) in [5, 5.41) is 3.57. The molecule has 1 aromatic rings. The van der Waals surface area contributed by atoms with Gasteiger partial charge >= 0.3 is 0 Å². The van der Waals surface area contributed by atoms with Crippen molar-refractivity contribution in [2.75, 3.05) is 7.05 Å². The predicted octanol–water partition coefficient (Wildman–Crippen LogP) is 3.67. The molecule has 1 aromatic heterocycles. The summed E-state index contributed by atoms with van der Waals surface area (Å²) >= 11 is 1.99.